The zero-order valence-corrected chi connectivity index (χ0v) is 35.1. The first-order valence-electron chi connectivity index (χ1n) is 15.4. The van der Waals surface area contributed by atoms with E-state index < -0.39 is 0 Å². The van der Waals surface area contributed by atoms with Crippen molar-refractivity contribution in [1.29, 1.82) is 0 Å². The third-order valence-electron chi connectivity index (χ3n) is 6.77. The molecule has 276 valence electrons. The van der Waals surface area contributed by atoms with Crippen molar-refractivity contribution in [3.05, 3.63) is 174 Å². The Kier molecular flexibility index (Phi) is 33.6. The van der Waals surface area contributed by atoms with E-state index in [0.717, 1.165) is 28.9 Å². The van der Waals surface area contributed by atoms with Crippen LogP contribution in [0.4, 0.5) is 0 Å². The van der Waals surface area contributed by atoms with Crippen LogP contribution < -0.4 is 17.0 Å². The van der Waals surface area contributed by atoms with Crippen LogP contribution in [0.15, 0.2) is 146 Å². The quantitative estimate of drug-likeness (QED) is 0.0759. The Hall–Kier alpha value is -2.94. The first kappa shape index (κ1) is 53.4. The molecule has 0 atom stereocenters. The van der Waals surface area contributed by atoms with Crippen molar-refractivity contribution in [1.82, 2.24) is 15.0 Å². The van der Waals surface area contributed by atoms with Gasteiger partial charge in [0.05, 0.1) is 11.4 Å². The smallest absolute Gasteiger partial charge is 0.457 e. The number of hydrogen-bond acceptors (Lipinski definition) is 4. The molecule has 3 heterocycles. The number of carbonyl (C=O) groups is 1. The number of hydrogen-bond donors (Lipinski definition) is 0. The van der Waals surface area contributed by atoms with Gasteiger partial charge in [-0.3, -0.25) is 19.7 Å². The van der Waals surface area contributed by atoms with E-state index in [-0.39, 0.29) is 52.9 Å². The average molecular weight is 862 g/mol. The molecule has 0 saturated heterocycles. The van der Waals surface area contributed by atoms with Crippen LogP contribution in [0.1, 0.15) is 74.1 Å². The van der Waals surface area contributed by atoms with Gasteiger partial charge < -0.3 is 22.5 Å². The second-order valence-electron chi connectivity index (χ2n) is 11.0. The Morgan fingerprint density at radius 3 is 1.29 bits per heavy atom. The van der Waals surface area contributed by atoms with Crippen LogP contribution in [-0.4, -0.2) is 44.3 Å². The number of pyridine rings is 3. The third-order valence-corrected chi connectivity index (χ3v) is 6.77. The summed E-state index contributed by atoms with van der Waals surface area (Å²) in [4.78, 5) is 23.0. The number of aromatic nitrogens is 3. The van der Waals surface area contributed by atoms with Gasteiger partial charge in [-0.1, -0.05) is 102 Å². The van der Waals surface area contributed by atoms with Crippen molar-refractivity contribution in [2.24, 2.45) is 0 Å². The van der Waals surface area contributed by atoms with Gasteiger partial charge in [0.15, 0.2) is 0 Å². The maximum atomic E-state index is 10.4. The first-order chi connectivity index (χ1) is 23.3. The zero-order chi connectivity index (χ0) is 35.0. The van der Waals surface area contributed by atoms with E-state index in [4.69, 9.17) is 20.4 Å². The van der Waals surface area contributed by atoms with Crippen LogP contribution in [0.5, 0.6) is 0 Å². The fraction of sp³-hybridized carbons (Fsp3) is 0.190. The summed E-state index contributed by atoms with van der Waals surface area (Å²) >= 11 is 0.569. The zero-order valence-electron chi connectivity index (χ0n) is 29.6. The molecule has 0 aliphatic carbocycles. The third kappa shape index (κ3) is 22.2. The largest absolute Gasteiger partial charge is 2.00 e. The normalized spacial score (nSPS) is 9.02. The maximum Gasteiger partial charge on any atom is 2.00 e. The van der Waals surface area contributed by atoms with Gasteiger partial charge in [0.2, 0.25) is 0 Å². The minimum Gasteiger partial charge on any atom is -0.457 e. The molecule has 0 radical (unpaired) electrons. The topological polar surface area (TPSA) is 88.7 Å². The molecule has 3 aromatic heterocycles. The van der Waals surface area contributed by atoms with Gasteiger partial charge >= 0.3 is 56.1 Å². The van der Waals surface area contributed by atoms with E-state index in [0.29, 0.717) is 30.1 Å². The van der Waals surface area contributed by atoms with Crippen LogP contribution in [0.2, 0.25) is 0 Å². The van der Waals surface area contributed by atoms with E-state index in [9.17, 15) is 4.79 Å². The van der Waals surface area contributed by atoms with Crippen LogP contribution in [0.3, 0.4) is 0 Å². The molecule has 0 spiro atoms. The van der Waals surface area contributed by atoms with E-state index in [2.05, 4.69) is 85.1 Å². The van der Waals surface area contributed by atoms with E-state index in [1.807, 2.05) is 92.0 Å². The predicted molar refractivity (Wildman–Crippen MR) is 216 cm³/mol. The summed E-state index contributed by atoms with van der Waals surface area (Å²) in [5, 5.41) is 0. The Labute approximate surface area is 352 Å². The number of nitrogens with zero attached hydrogens (tertiary/aromatic N) is 3. The van der Waals surface area contributed by atoms with Crippen LogP contribution in [0.25, 0.3) is 22.5 Å². The molecule has 0 unspecified atom stereocenters. The molecule has 6 rings (SSSR count). The summed E-state index contributed by atoms with van der Waals surface area (Å²) in [6.07, 6.45) is 6.20. The second kappa shape index (κ2) is 32.7. The molecule has 0 amide bonds. The monoisotopic (exact) mass is 858 g/mol. The molecule has 5 nitrogen and oxygen atoms in total. The van der Waals surface area contributed by atoms with E-state index >= 15 is 0 Å². The average Bonchev–Trinajstić information content (AvgIpc) is 3.14. The molecule has 10 heteroatoms. The Morgan fingerprint density at radius 1 is 0.615 bits per heavy atom. The molecule has 0 aliphatic rings. The molecule has 3 N–H and O–H groups in total. The Morgan fingerprint density at radius 2 is 1.00 bits per heavy atom. The number of halogens is 3. The SMILES string of the molecule is C.CC(C)c1cc[c-]cc1.CC(C)c1ccc(-c2ccccn2)cc1.Cc1ccccn1.O=Cc1ccc(-c2ccccn2)cc1.[Br-].[Cl][Ni][Cl].[Mg+2].[OH3+]. The van der Waals surface area contributed by atoms with Gasteiger partial charge in [-0.05, 0) is 60.7 Å². The Bertz CT molecular complexity index is 1670. The molecule has 0 fully saturated rings. The number of carbonyl (C=O) groups excluding carboxylic acids is 1. The minimum absolute atomic E-state index is 0. The summed E-state index contributed by atoms with van der Waals surface area (Å²) in [7, 11) is 9.40. The van der Waals surface area contributed by atoms with Gasteiger partial charge in [-0.25, -0.2) is 0 Å². The molecule has 0 aliphatic heterocycles. The van der Waals surface area contributed by atoms with Gasteiger partial charge in [0.25, 0.3) is 0 Å². The fourth-order valence-corrected chi connectivity index (χ4v) is 4.07. The van der Waals surface area contributed by atoms with Crippen molar-refractivity contribution in [3.63, 3.8) is 0 Å². The van der Waals surface area contributed by atoms with Crippen molar-refractivity contribution < 1.29 is 39.9 Å². The van der Waals surface area contributed by atoms with Crippen LogP contribution >= 0.6 is 20.4 Å². The summed E-state index contributed by atoms with van der Waals surface area (Å²) in [6, 6.07) is 44.7. The van der Waals surface area contributed by atoms with Crippen molar-refractivity contribution in [2.45, 2.75) is 53.9 Å². The van der Waals surface area contributed by atoms with Crippen molar-refractivity contribution in [2.75, 3.05) is 0 Å². The molecule has 52 heavy (non-hydrogen) atoms. The van der Waals surface area contributed by atoms with Gasteiger partial charge in [0.1, 0.15) is 6.29 Å². The summed E-state index contributed by atoms with van der Waals surface area (Å²) in [5.41, 5.74) is 8.67. The van der Waals surface area contributed by atoms with Gasteiger partial charge in [-0.2, -0.15) is 35.9 Å². The number of benzene rings is 3. The maximum absolute atomic E-state index is 10.4. The minimum atomic E-state index is 0. The Balaban J connectivity index is -0.000000604. The van der Waals surface area contributed by atoms with E-state index in [1.165, 1.54) is 16.7 Å². The number of aldehydes is 1. The number of aryl methyl sites for hydroxylation is 1. The molecular weight excluding hydrogens is 812 g/mol. The van der Waals surface area contributed by atoms with Crippen molar-refractivity contribution >= 4 is 49.7 Å². The molecule has 0 bridgehead atoms. The summed E-state index contributed by atoms with van der Waals surface area (Å²) < 4.78 is 0. The first-order valence-corrected chi connectivity index (χ1v) is 18.1. The van der Waals surface area contributed by atoms with Crippen LogP contribution in [0, 0.1) is 13.0 Å². The predicted octanol–water partition coefficient (Wildman–Crippen LogP) is 8.15. The molecular formula is C42H49BrCl2MgN3NiO2+. The van der Waals surface area contributed by atoms with Gasteiger partial charge in [0, 0.05) is 41.0 Å². The summed E-state index contributed by atoms with van der Waals surface area (Å²) in [5.74, 6) is 1.22. The molecule has 3 aromatic carbocycles. The molecule has 0 saturated carbocycles. The van der Waals surface area contributed by atoms with E-state index in [1.54, 1.807) is 24.5 Å². The van der Waals surface area contributed by atoms with Gasteiger partial charge in [-0.15, -0.1) is 0 Å². The summed E-state index contributed by atoms with van der Waals surface area (Å²) in [6.45, 7) is 10.8. The van der Waals surface area contributed by atoms with Crippen molar-refractivity contribution in [3.8, 4) is 22.5 Å². The number of rotatable bonds is 5. The second-order valence-corrected chi connectivity index (χ2v) is 12.6. The standard InChI is InChI=1S/C14H15N.C12H9NO.C9H11.C6H7N.CH4.BrH.2ClH.Mg.Ni.H2O/c1-11(2)12-6-8-13(9-7-12)14-5-3-4-10-15-14;14-9-10-4-6-11(7-5-10)12-3-1-2-8-13-12;1-8(2)9-6-4-3-5-7-9;1-6-4-2-3-5-7-6;;;;;;;/h3-11H,1-2H3;1-9H;4-8H,1-2H3;2-5H,1H3;1H4;3*1H;;;1H2/q;;-1;;;;;;2*+2;/p-2. The van der Waals surface area contributed by atoms with Crippen LogP contribution in [-0.2, 0) is 18.1 Å². The molecule has 6 aromatic rings. The fourth-order valence-electron chi connectivity index (χ4n) is 4.07.